The first-order valence-corrected chi connectivity index (χ1v) is 7.25. The molecule has 0 aliphatic heterocycles. The van der Waals surface area contributed by atoms with E-state index in [1.165, 1.54) is 5.56 Å². The molecule has 0 fully saturated rings. The Kier molecular flexibility index (Phi) is 3.62. The van der Waals surface area contributed by atoms with Crippen LogP contribution in [0.2, 0.25) is 5.02 Å². The van der Waals surface area contributed by atoms with Crippen LogP contribution in [0.4, 0.5) is 5.82 Å². The monoisotopic (exact) mass is 289 g/mol. The van der Waals surface area contributed by atoms with Crippen LogP contribution in [0, 0.1) is 0 Å². The van der Waals surface area contributed by atoms with Crippen molar-refractivity contribution in [3.63, 3.8) is 0 Å². The number of benzene rings is 1. The van der Waals surface area contributed by atoms with E-state index in [1.807, 2.05) is 35.7 Å². The van der Waals surface area contributed by atoms with Gasteiger partial charge in [-0.2, -0.15) is 0 Å². The smallest absolute Gasteiger partial charge is 0.138 e. The Morgan fingerprint density at radius 2 is 1.95 bits per heavy atom. The van der Waals surface area contributed by atoms with E-state index in [0.717, 1.165) is 34.0 Å². The van der Waals surface area contributed by atoms with Crippen molar-refractivity contribution in [3.05, 3.63) is 52.6 Å². The lowest BCUT2D eigenvalue weighted by atomic mass is 10.1. The molecule has 3 rings (SSSR count). The number of hydrogen-bond donors (Lipinski definition) is 1. The van der Waals surface area contributed by atoms with Crippen molar-refractivity contribution < 1.29 is 0 Å². The van der Waals surface area contributed by atoms with E-state index in [0.29, 0.717) is 0 Å². The molecule has 0 radical (unpaired) electrons. The first kappa shape index (κ1) is 12.4. The molecule has 1 N–H and O–H groups in total. The number of aromatic nitrogens is 2. The highest BCUT2D eigenvalue weighted by Gasteiger charge is 2.03. The molecule has 3 aromatic rings. The molecule has 0 saturated carbocycles. The Balaban J connectivity index is 1.66. The third-order valence-corrected chi connectivity index (χ3v) is 3.95. The van der Waals surface area contributed by atoms with Crippen LogP contribution in [-0.4, -0.2) is 16.5 Å². The third-order valence-electron chi connectivity index (χ3n) is 2.88. The van der Waals surface area contributed by atoms with Crippen LogP contribution in [0.3, 0.4) is 0 Å². The second-order valence-electron chi connectivity index (χ2n) is 4.16. The average molecular weight is 290 g/mol. The minimum absolute atomic E-state index is 0.771. The lowest BCUT2D eigenvalue weighted by Gasteiger charge is -2.06. The molecule has 96 valence electrons. The highest BCUT2D eigenvalue weighted by atomic mass is 35.5. The summed E-state index contributed by atoms with van der Waals surface area (Å²) in [5.74, 6) is 0.903. The molecular weight excluding hydrogens is 278 g/mol. The molecule has 0 spiro atoms. The van der Waals surface area contributed by atoms with Crippen LogP contribution in [0.1, 0.15) is 5.56 Å². The molecule has 0 unspecified atom stereocenters. The lowest BCUT2D eigenvalue weighted by molar-refractivity contribution is 1.01. The van der Waals surface area contributed by atoms with Gasteiger partial charge in [0.05, 0.1) is 5.39 Å². The van der Waals surface area contributed by atoms with Gasteiger partial charge in [0.1, 0.15) is 17.0 Å². The van der Waals surface area contributed by atoms with E-state index in [9.17, 15) is 0 Å². The van der Waals surface area contributed by atoms with Gasteiger partial charge in [0, 0.05) is 11.6 Å². The van der Waals surface area contributed by atoms with Crippen molar-refractivity contribution in [1.82, 2.24) is 9.97 Å². The summed E-state index contributed by atoms with van der Waals surface area (Å²) in [4.78, 5) is 9.54. The maximum atomic E-state index is 5.86. The predicted octanol–water partition coefficient (Wildman–Crippen LogP) is 4.00. The van der Waals surface area contributed by atoms with Gasteiger partial charge in [-0.3, -0.25) is 0 Å². The van der Waals surface area contributed by atoms with Crippen molar-refractivity contribution in [3.8, 4) is 0 Å². The van der Waals surface area contributed by atoms with E-state index < -0.39 is 0 Å². The molecule has 0 saturated heterocycles. The van der Waals surface area contributed by atoms with Crippen molar-refractivity contribution >= 4 is 39.0 Å². The standard InChI is InChI=1S/C14H12ClN3S/c15-11-3-1-10(2-4-11)5-7-16-13-12-6-8-19-14(12)18-9-17-13/h1-4,6,8-9H,5,7H2,(H,16,17,18). The van der Waals surface area contributed by atoms with Crippen LogP contribution in [0.15, 0.2) is 42.0 Å². The number of nitrogens with zero attached hydrogens (tertiary/aromatic N) is 2. The molecule has 0 aliphatic carbocycles. The highest BCUT2D eigenvalue weighted by Crippen LogP contribution is 2.23. The number of anilines is 1. The second-order valence-corrected chi connectivity index (χ2v) is 5.50. The van der Waals surface area contributed by atoms with Gasteiger partial charge in [-0.25, -0.2) is 9.97 Å². The highest BCUT2D eigenvalue weighted by molar-refractivity contribution is 7.16. The van der Waals surface area contributed by atoms with Crippen LogP contribution in [0.25, 0.3) is 10.2 Å². The van der Waals surface area contributed by atoms with E-state index in [-0.39, 0.29) is 0 Å². The fourth-order valence-corrected chi connectivity index (χ4v) is 2.77. The first-order valence-electron chi connectivity index (χ1n) is 5.99. The van der Waals surface area contributed by atoms with Gasteiger partial charge >= 0.3 is 0 Å². The van der Waals surface area contributed by atoms with Crippen LogP contribution in [-0.2, 0) is 6.42 Å². The Morgan fingerprint density at radius 3 is 2.79 bits per heavy atom. The Hall–Kier alpha value is -1.65. The Morgan fingerprint density at radius 1 is 1.11 bits per heavy atom. The summed E-state index contributed by atoms with van der Waals surface area (Å²) in [7, 11) is 0. The van der Waals surface area contributed by atoms with Crippen LogP contribution < -0.4 is 5.32 Å². The maximum absolute atomic E-state index is 5.86. The third kappa shape index (κ3) is 2.85. The molecule has 0 atom stereocenters. The number of nitrogens with one attached hydrogen (secondary N) is 1. The average Bonchev–Trinajstić information content (AvgIpc) is 2.90. The van der Waals surface area contributed by atoms with E-state index in [2.05, 4.69) is 15.3 Å². The zero-order valence-electron chi connectivity index (χ0n) is 10.1. The molecule has 0 amide bonds. The SMILES string of the molecule is Clc1ccc(CCNc2ncnc3sccc23)cc1. The first-order chi connectivity index (χ1) is 9.33. The Bertz CT molecular complexity index is 678. The van der Waals surface area contributed by atoms with Gasteiger partial charge in [-0.1, -0.05) is 23.7 Å². The number of thiophene rings is 1. The number of rotatable bonds is 4. The quantitative estimate of drug-likeness (QED) is 0.789. The number of halogens is 1. The molecular formula is C14H12ClN3S. The molecule has 0 bridgehead atoms. The summed E-state index contributed by atoms with van der Waals surface area (Å²) >= 11 is 7.49. The molecule has 5 heteroatoms. The summed E-state index contributed by atoms with van der Waals surface area (Å²) in [6, 6.07) is 9.97. The van der Waals surface area contributed by atoms with Gasteiger partial charge in [0.2, 0.25) is 0 Å². The normalized spacial score (nSPS) is 10.8. The molecule has 3 nitrogen and oxygen atoms in total. The summed E-state index contributed by atoms with van der Waals surface area (Å²) in [6.45, 7) is 0.837. The maximum Gasteiger partial charge on any atom is 0.138 e. The summed E-state index contributed by atoms with van der Waals surface area (Å²) in [5.41, 5.74) is 1.26. The molecule has 1 aromatic carbocycles. The Labute approximate surface area is 120 Å². The zero-order valence-corrected chi connectivity index (χ0v) is 11.7. The summed E-state index contributed by atoms with van der Waals surface area (Å²) in [6.07, 6.45) is 2.54. The minimum Gasteiger partial charge on any atom is -0.369 e. The van der Waals surface area contributed by atoms with Crippen LogP contribution >= 0.6 is 22.9 Å². The lowest BCUT2D eigenvalue weighted by Crippen LogP contribution is -2.06. The fraction of sp³-hybridized carbons (Fsp3) is 0.143. The minimum atomic E-state index is 0.771. The summed E-state index contributed by atoms with van der Waals surface area (Å²) < 4.78 is 0. The number of fused-ring (bicyclic) bond motifs is 1. The van der Waals surface area contributed by atoms with Gasteiger partial charge in [0.25, 0.3) is 0 Å². The van der Waals surface area contributed by atoms with Gasteiger partial charge in [0.15, 0.2) is 0 Å². The fourth-order valence-electron chi connectivity index (χ4n) is 1.91. The zero-order chi connectivity index (χ0) is 13.1. The number of hydrogen-bond acceptors (Lipinski definition) is 4. The molecule has 0 aliphatic rings. The molecule has 2 aromatic heterocycles. The van der Waals surface area contributed by atoms with Crippen molar-refractivity contribution in [2.75, 3.05) is 11.9 Å². The molecule has 19 heavy (non-hydrogen) atoms. The summed E-state index contributed by atoms with van der Waals surface area (Å²) in [5, 5.41) is 7.25. The largest absolute Gasteiger partial charge is 0.369 e. The van der Waals surface area contributed by atoms with Crippen molar-refractivity contribution in [1.29, 1.82) is 0 Å². The van der Waals surface area contributed by atoms with Gasteiger partial charge in [-0.05, 0) is 35.6 Å². The van der Waals surface area contributed by atoms with Gasteiger partial charge in [-0.15, -0.1) is 11.3 Å². The van der Waals surface area contributed by atoms with E-state index in [4.69, 9.17) is 11.6 Å². The molecule has 2 heterocycles. The van der Waals surface area contributed by atoms with Crippen molar-refractivity contribution in [2.24, 2.45) is 0 Å². The van der Waals surface area contributed by atoms with Crippen LogP contribution in [0.5, 0.6) is 0 Å². The van der Waals surface area contributed by atoms with Gasteiger partial charge < -0.3 is 5.32 Å². The van der Waals surface area contributed by atoms with Crippen molar-refractivity contribution in [2.45, 2.75) is 6.42 Å². The van der Waals surface area contributed by atoms with E-state index in [1.54, 1.807) is 17.7 Å². The second kappa shape index (κ2) is 5.55. The van der Waals surface area contributed by atoms with E-state index >= 15 is 0 Å². The topological polar surface area (TPSA) is 37.8 Å². The predicted molar refractivity (Wildman–Crippen MR) is 81.1 cm³/mol.